The van der Waals surface area contributed by atoms with Gasteiger partial charge in [0.1, 0.15) is 0 Å². The first-order valence-corrected chi connectivity index (χ1v) is 8.09. The van der Waals surface area contributed by atoms with Gasteiger partial charge in [-0.2, -0.15) is 11.8 Å². The van der Waals surface area contributed by atoms with Gasteiger partial charge in [0.25, 0.3) is 0 Å². The van der Waals surface area contributed by atoms with Gasteiger partial charge in [-0.25, -0.2) is 0 Å². The molecule has 0 aromatic heterocycles. The van der Waals surface area contributed by atoms with E-state index in [1.807, 2.05) is 11.8 Å². The molecule has 1 saturated carbocycles. The highest BCUT2D eigenvalue weighted by Crippen LogP contribution is 2.28. The van der Waals surface area contributed by atoms with E-state index in [1.54, 1.807) is 0 Å². The lowest BCUT2D eigenvalue weighted by molar-refractivity contribution is -0.122. The van der Waals surface area contributed by atoms with Crippen LogP contribution >= 0.6 is 11.8 Å². The minimum atomic E-state index is 0.267. The molecule has 2 aliphatic rings. The molecule has 0 aromatic carbocycles. The summed E-state index contributed by atoms with van der Waals surface area (Å²) in [5, 5.41) is 7.31. The predicted molar refractivity (Wildman–Crippen MR) is 73.3 cm³/mol. The summed E-state index contributed by atoms with van der Waals surface area (Å²) in [6.45, 7) is 2.23. The molecule has 2 rings (SSSR count). The van der Waals surface area contributed by atoms with Crippen molar-refractivity contribution in [1.29, 1.82) is 0 Å². The van der Waals surface area contributed by atoms with Crippen LogP contribution in [-0.4, -0.2) is 36.5 Å². The standard InChI is InChI=1S/C13H24N2OS/c1-17-12-4-3-11(8-12)15-13(16)5-2-10-6-7-14-9-10/h10-12,14H,2-9H2,1H3,(H,15,16). The van der Waals surface area contributed by atoms with E-state index in [1.165, 1.54) is 19.3 Å². The van der Waals surface area contributed by atoms with Crippen LogP contribution in [0.2, 0.25) is 0 Å². The molecule has 1 aliphatic carbocycles. The molecule has 98 valence electrons. The van der Waals surface area contributed by atoms with Crippen molar-refractivity contribution in [3.8, 4) is 0 Å². The number of amides is 1. The number of rotatable bonds is 5. The van der Waals surface area contributed by atoms with Gasteiger partial charge in [-0.1, -0.05) is 0 Å². The Kier molecular flexibility index (Phi) is 5.16. The SMILES string of the molecule is CSC1CCC(NC(=O)CCC2CCNC2)C1. The maximum absolute atomic E-state index is 11.8. The van der Waals surface area contributed by atoms with Crippen LogP contribution in [0.3, 0.4) is 0 Å². The van der Waals surface area contributed by atoms with Crippen molar-refractivity contribution in [2.45, 2.75) is 49.8 Å². The average molecular weight is 256 g/mol. The lowest BCUT2D eigenvalue weighted by Crippen LogP contribution is -2.33. The lowest BCUT2D eigenvalue weighted by atomic mass is 10.0. The van der Waals surface area contributed by atoms with Gasteiger partial charge < -0.3 is 10.6 Å². The first-order valence-electron chi connectivity index (χ1n) is 6.81. The molecule has 2 N–H and O–H groups in total. The molecule has 0 spiro atoms. The number of hydrogen-bond acceptors (Lipinski definition) is 3. The maximum Gasteiger partial charge on any atom is 0.220 e. The highest BCUT2D eigenvalue weighted by atomic mass is 32.2. The van der Waals surface area contributed by atoms with Gasteiger partial charge in [0.2, 0.25) is 5.91 Å². The van der Waals surface area contributed by atoms with Crippen molar-refractivity contribution in [3.63, 3.8) is 0 Å². The highest BCUT2D eigenvalue weighted by molar-refractivity contribution is 7.99. The number of carbonyl (C=O) groups excluding carboxylic acids is 1. The fraction of sp³-hybridized carbons (Fsp3) is 0.923. The zero-order valence-electron chi connectivity index (χ0n) is 10.7. The van der Waals surface area contributed by atoms with Gasteiger partial charge in [-0.3, -0.25) is 4.79 Å². The molecule has 1 amide bonds. The summed E-state index contributed by atoms with van der Waals surface area (Å²) in [5.74, 6) is 0.993. The van der Waals surface area contributed by atoms with Gasteiger partial charge in [0.05, 0.1) is 0 Å². The van der Waals surface area contributed by atoms with Crippen molar-refractivity contribution in [3.05, 3.63) is 0 Å². The Balaban J connectivity index is 1.60. The molecule has 1 heterocycles. The number of hydrogen-bond donors (Lipinski definition) is 2. The Morgan fingerprint density at radius 3 is 2.94 bits per heavy atom. The molecular weight excluding hydrogens is 232 g/mol. The normalized spacial score (nSPS) is 32.9. The van der Waals surface area contributed by atoms with E-state index in [4.69, 9.17) is 0 Å². The highest BCUT2D eigenvalue weighted by Gasteiger charge is 2.25. The van der Waals surface area contributed by atoms with Gasteiger partial charge in [0.15, 0.2) is 0 Å². The topological polar surface area (TPSA) is 41.1 Å². The molecule has 3 nitrogen and oxygen atoms in total. The quantitative estimate of drug-likeness (QED) is 0.788. The van der Waals surface area contributed by atoms with E-state index in [0.717, 1.165) is 37.1 Å². The Morgan fingerprint density at radius 2 is 2.29 bits per heavy atom. The monoisotopic (exact) mass is 256 g/mol. The second-order valence-corrected chi connectivity index (χ2v) is 6.47. The van der Waals surface area contributed by atoms with E-state index >= 15 is 0 Å². The number of nitrogens with one attached hydrogen (secondary N) is 2. The van der Waals surface area contributed by atoms with Crippen LogP contribution in [-0.2, 0) is 4.79 Å². The number of thioether (sulfide) groups is 1. The van der Waals surface area contributed by atoms with Crippen LogP contribution in [0.25, 0.3) is 0 Å². The van der Waals surface area contributed by atoms with Crippen LogP contribution < -0.4 is 10.6 Å². The third-order valence-electron chi connectivity index (χ3n) is 4.02. The first kappa shape index (κ1) is 13.2. The Hall–Kier alpha value is -0.220. The molecule has 0 bridgehead atoms. The van der Waals surface area contributed by atoms with E-state index in [9.17, 15) is 4.79 Å². The summed E-state index contributed by atoms with van der Waals surface area (Å²) < 4.78 is 0. The van der Waals surface area contributed by atoms with Gasteiger partial charge in [-0.15, -0.1) is 0 Å². The summed E-state index contributed by atoms with van der Waals surface area (Å²) in [5.41, 5.74) is 0. The summed E-state index contributed by atoms with van der Waals surface area (Å²) in [6, 6.07) is 0.446. The van der Waals surface area contributed by atoms with Gasteiger partial charge >= 0.3 is 0 Å². The van der Waals surface area contributed by atoms with Crippen molar-refractivity contribution >= 4 is 17.7 Å². The Morgan fingerprint density at radius 1 is 1.41 bits per heavy atom. The van der Waals surface area contributed by atoms with Crippen LogP contribution in [0.4, 0.5) is 0 Å². The number of carbonyl (C=O) groups is 1. The first-order chi connectivity index (χ1) is 8.28. The minimum absolute atomic E-state index is 0.267. The van der Waals surface area contributed by atoms with E-state index < -0.39 is 0 Å². The zero-order chi connectivity index (χ0) is 12.1. The second kappa shape index (κ2) is 6.64. The zero-order valence-corrected chi connectivity index (χ0v) is 11.5. The molecule has 4 heteroatoms. The minimum Gasteiger partial charge on any atom is -0.353 e. The molecule has 0 radical (unpaired) electrons. The fourth-order valence-corrected chi connectivity index (χ4v) is 3.68. The third kappa shape index (κ3) is 4.18. The van der Waals surface area contributed by atoms with Crippen LogP contribution in [0.1, 0.15) is 38.5 Å². The smallest absolute Gasteiger partial charge is 0.220 e. The van der Waals surface area contributed by atoms with Crippen LogP contribution in [0.15, 0.2) is 0 Å². The fourth-order valence-electron chi connectivity index (χ4n) is 2.88. The van der Waals surface area contributed by atoms with Crippen molar-refractivity contribution in [2.75, 3.05) is 19.3 Å². The van der Waals surface area contributed by atoms with E-state index in [2.05, 4.69) is 16.9 Å². The average Bonchev–Trinajstić information content (AvgIpc) is 2.97. The Labute approximate surface area is 108 Å². The predicted octanol–water partition coefficient (Wildman–Crippen LogP) is 1.78. The van der Waals surface area contributed by atoms with Crippen LogP contribution in [0, 0.1) is 5.92 Å². The van der Waals surface area contributed by atoms with Crippen LogP contribution in [0.5, 0.6) is 0 Å². The molecule has 2 fully saturated rings. The van der Waals surface area contributed by atoms with Crippen molar-refractivity contribution < 1.29 is 4.79 Å². The largest absolute Gasteiger partial charge is 0.353 e. The van der Waals surface area contributed by atoms with E-state index in [0.29, 0.717) is 12.5 Å². The van der Waals surface area contributed by atoms with Crippen molar-refractivity contribution in [2.24, 2.45) is 5.92 Å². The molecule has 1 saturated heterocycles. The molecule has 3 unspecified atom stereocenters. The van der Waals surface area contributed by atoms with Gasteiger partial charge in [-0.05, 0) is 57.4 Å². The molecular formula is C13H24N2OS. The van der Waals surface area contributed by atoms with Gasteiger partial charge in [0, 0.05) is 17.7 Å². The maximum atomic E-state index is 11.8. The van der Waals surface area contributed by atoms with E-state index in [-0.39, 0.29) is 5.91 Å². The summed E-state index contributed by atoms with van der Waals surface area (Å²) >= 11 is 1.94. The second-order valence-electron chi connectivity index (χ2n) is 5.33. The summed E-state index contributed by atoms with van der Waals surface area (Å²) in [7, 11) is 0. The summed E-state index contributed by atoms with van der Waals surface area (Å²) in [4.78, 5) is 11.8. The van der Waals surface area contributed by atoms with Crippen molar-refractivity contribution in [1.82, 2.24) is 10.6 Å². The molecule has 3 atom stereocenters. The molecule has 1 aliphatic heterocycles. The third-order valence-corrected chi connectivity index (χ3v) is 5.12. The summed E-state index contributed by atoms with van der Waals surface area (Å²) in [6.07, 6.45) is 8.77. The lowest BCUT2D eigenvalue weighted by Gasteiger charge is -2.14. The molecule has 0 aromatic rings. The Bertz CT molecular complexity index is 254. The molecule has 17 heavy (non-hydrogen) atoms.